The molecule has 36 heavy (non-hydrogen) atoms. The third-order valence-electron chi connectivity index (χ3n) is 5.19. The van der Waals surface area contributed by atoms with Crippen molar-refractivity contribution < 1.29 is 23.0 Å². The number of sulfonamides is 1. The van der Waals surface area contributed by atoms with Gasteiger partial charge in [-0.3, -0.25) is 9.87 Å². The summed E-state index contributed by atoms with van der Waals surface area (Å²) in [6, 6.07) is 15.8. The second-order valence-electron chi connectivity index (χ2n) is 8.67. The van der Waals surface area contributed by atoms with Gasteiger partial charge in [0.2, 0.25) is 10.0 Å². The van der Waals surface area contributed by atoms with Crippen molar-refractivity contribution in [2.24, 2.45) is 5.92 Å². The Bertz CT molecular complexity index is 1190. The van der Waals surface area contributed by atoms with E-state index in [9.17, 15) is 13.2 Å². The maximum Gasteiger partial charge on any atom is 0.441 e. The van der Waals surface area contributed by atoms with Gasteiger partial charge in [-0.2, -0.15) is 9.19 Å². The molecular formula is C25H32N4O5S2. The molecule has 0 saturated heterocycles. The monoisotopic (exact) mass is 532 g/mol. The summed E-state index contributed by atoms with van der Waals surface area (Å²) in [7, 11) is -3.75. The minimum absolute atomic E-state index is 0.107. The standard InChI is InChI=1S/C25H32N4O5S2/c1-20(2)16-29(36(31,32)24-11-6-10-22(26)14-24)13-7-12-28(17-21-8-4-3-5-9-21)25(30)34-33-18-23-15-27-19-35-23/h3-6,8-11,14-15,19-20H,7,12-13,16-18,26H2,1-2H3. The second kappa shape index (κ2) is 13.4. The second-order valence-corrected chi connectivity index (χ2v) is 11.6. The molecule has 1 heterocycles. The molecule has 0 saturated carbocycles. The molecule has 0 radical (unpaired) electrons. The summed E-state index contributed by atoms with van der Waals surface area (Å²) >= 11 is 1.40. The number of hydrogen-bond donors (Lipinski definition) is 1. The average Bonchev–Trinajstić information content (AvgIpc) is 3.36. The van der Waals surface area contributed by atoms with Gasteiger partial charge in [-0.25, -0.2) is 13.2 Å². The number of aromatic nitrogens is 1. The predicted octanol–water partition coefficient (Wildman–Crippen LogP) is 4.53. The number of rotatable bonds is 13. The first-order valence-corrected chi connectivity index (χ1v) is 13.9. The van der Waals surface area contributed by atoms with Crippen LogP contribution in [0.1, 0.15) is 30.7 Å². The van der Waals surface area contributed by atoms with Gasteiger partial charge >= 0.3 is 6.09 Å². The molecular weight excluding hydrogens is 500 g/mol. The Labute approximate surface area is 216 Å². The van der Waals surface area contributed by atoms with Crippen molar-refractivity contribution in [1.82, 2.24) is 14.2 Å². The van der Waals surface area contributed by atoms with Crippen LogP contribution in [0.5, 0.6) is 0 Å². The van der Waals surface area contributed by atoms with E-state index in [2.05, 4.69) is 4.98 Å². The SMILES string of the molecule is CC(C)CN(CCCN(Cc1ccccc1)C(=O)OOCc1cncs1)S(=O)(=O)c1cccc(N)c1. The van der Waals surface area contributed by atoms with Gasteiger partial charge in [-0.15, -0.1) is 11.3 Å². The van der Waals surface area contributed by atoms with Crippen molar-refractivity contribution in [2.75, 3.05) is 25.4 Å². The van der Waals surface area contributed by atoms with Crippen LogP contribution in [0.4, 0.5) is 10.5 Å². The van der Waals surface area contributed by atoms with E-state index in [0.717, 1.165) is 10.4 Å². The third kappa shape index (κ3) is 8.30. The molecule has 0 spiro atoms. The van der Waals surface area contributed by atoms with Crippen molar-refractivity contribution in [3.8, 4) is 0 Å². The van der Waals surface area contributed by atoms with Crippen LogP contribution in [0.3, 0.4) is 0 Å². The number of amides is 1. The first kappa shape index (κ1) is 27.6. The minimum Gasteiger partial charge on any atom is -0.399 e. The molecule has 0 atom stereocenters. The number of carbonyl (C=O) groups excluding carboxylic acids is 1. The van der Waals surface area contributed by atoms with Gasteiger partial charge in [-0.1, -0.05) is 50.2 Å². The molecule has 0 aliphatic heterocycles. The van der Waals surface area contributed by atoms with Crippen LogP contribution < -0.4 is 5.73 Å². The van der Waals surface area contributed by atoms with Gasteiger partial charge in [-0.05, 0) is 36.1 Å². The molecule has 3 rings (SSSR count). The quantitative estimate of drug-likeness (QED) is 0.195. The van der Waals surface area contributed by atoms with Gasteiger partial charge in [0.1, 0.15) is 6.61 Å². The lowest BCUT2D eigenvalue weighted by Crippen LogP contribution is -2.38. The Balaban J connectivity index is 1.67. The number of hydrogen-bond acceptors (Lipinski definition) is 8. The smallest absolute Gasteiger partial charge is 0.399 e. The highest BCUT2D eigenvalue weighted by molar-refractivity contribution is 7.89. The molecule has 1 amide bonds. The van der Waals surface area contributed by atoms with Crippen LogP contribution in [-0.4, -0.2) is 48.3 Å². The van der Waals surface area contributed by atoms with E-state index >= 15 is 0 Å². The topological polar surface area (TPSA) is 115 Å². The van der Waals surface area contributed by atoms with E-state index in [0.29, 0.717) is 25.2 Å². The zero-order valence-corrected chi connectivity index (χ0v) is 22.1. The van der Waals surface area contributed by atoms with E-state index in [1.807, 2.05) is 44.2 Å². The molecule has 0 unspecified atom stereocenters. The first-order chi connectivity index (χ1) is 17.3. The molecule has 11 heteroatoms. The van der Waals surface area contributed by atoms with Gasteiger partial charge in [0.25, 0.3) is 0 Å². The van der Waals surface area contributed by atoms with Gasteiger partial charge < -0.3 is 10.6 Å². The van der Waals surface area contributed by atoms with Crippen molar-refractivity contribution in [1.29, 1.82) is 0 Å². The van der Waals surface area contributed by atoms with E-state index in [-0.39, 0.29) is 30.5 Å². The molecule has 0 aliphatic carbocycles. The molecule has 194 valence electrons. The molecule has 2 aromatic carbocycles. The fourth-order valence-corrected chi connectivity index (χ4v) is 5.71. The van der Waals surface area contributed by atoms with Gasteiger partial charge in [0.15, 0.2) is 0 Å². The number of nitrogens with zero attached hydrogens (tertiary/aromatic N) is 3. The van der Waals surface area contributed by atoms with E-state index in [1.54, 1.807) is 29.9 Å². The number of anilines is 1. The lowest BCUT2D eigenvalue weighted by molar-refractivity contribution is -0.255. The summed E-state index contributed by atoms with van der Waals surface area (Å²) in [5.41, 5.74) is 8.79. The fourth-order valence-electron chi connectivity index (χ4n) is 3.52. The number of carbonyl (C=O) groups is 1. The van der Waals surface area contributed by atoms with Crippen molar-refractivity contribution >= 4 is 33.1 Å². The zero-order chi connectivity index (χ0) is 26.0. The van der Waals surface area contributed by atoms with E-state index in [1.165, 1.54) is 26.6 Å². The Kier molecular flexibility index (Phi) is 10.2. The molecule has 0 fully saturated rings. The minimum atomic E-state index is -3.75. The lowest BCUT2D eigenvalue weighted by atomic mass is 10.2. The summed E-state index contributed by atoms with van der Waals surface area (Å²) in [5.74, 6) is 0.117. The Morgan fingerprint density at radius 1 is 1.11 bits per heavy atom. The highest BCUT2D eigenvalue weighted by Gasteiger charge is 2.26. The van der Waals surface area contributed by atoms with Gasteiger partial charge in [0.05, 0.1) is 15.3 Å². The summed E-state index contributed by atoms with van der Waals surface area (Å²) in [6.45, 7) is 5.18. The predicted molar refractivity (Wildman–Crippen MR) is 139 cm³/mol. The third-order valence-corrected chi connectivity index (χ3v) is 7.80. The first-order valence-electron chi connectivity index (χ1n) is 11.6. The zero-order valence-electron chi connectivity index (χ0n) is 20.4. The van der Waals surface area contributed by atoms with Crippen LogP contribution in [0.25, 0.3) is 0 Å². The molecule has 3 aromatic rings. The number of benzene rings is 2. The van der Waals surface area contributed by atoms with Crippen molar-refractivity contribution in [3.63, 3.8) is 0 Å². The Morgan fingerprint density at radius 3 is 2.56 bits per heavy atom. The molecule has 2 N–H and O–H groups in total. The summed E-state index contributed by atoms with van der Waals surface area (Å²) < 4.78 is 28.1. The van der Waals surface area contributed by atoms with E-state index < -0.39 is 16.1 Å². The molecule has 1 aromatic heterocycles. The Hall–Kier alpha value is -2.99. The largest absolute Gasteiger partial charge is 0.441 e. The van der Waals surface area contributed by atoms with Crippen LogP contribution in [0.15, 0.2) is 71.2 Å². The van der Waals surface area contributed by atoms with Crippen molar-refractivity contribution in [2.45, 2.75) is 38.3 Å². The summed E-state index contributed by atoms with van der Waals surface area (Å²) in [5, 5.41) is 0. The average molecular weight is 533 g/mol. The molecule has 0 aliphatic rings. The van der Waals surface area contributed by atoms with Crippen molar-refractivity contribution in [3.05, 3.63) is 76.7 Å². The number of nitrogens with two attached hydrogens (primary N) is 1. The number of nitrogen functional groups attached to an aromatic ring is 1. The highest BCUT2D eigenvalue weighted by atomic mass is 32.2. The maximum absolute atomic E-state index is 13.3. The number of thiazole rings is 1. The molecule has 0 bridgehead atoms. The Morgan fingerprint density at radius 2 is 1.89 bits per heavy atom. The van der Waals surface area contributed by atoms with Crippen LogP contribution in [-0.2, 0) is 33.0 Å². The van der Waals surface area contributed by atoms with Crippen LogP contribution >= 0.6 is 11.3 Å². The van der Waals surface area contributed by atoms with Crippen LogP contribution in [0, 0.1) is 5.92 Å². The highest BCUT2D eigenvalue weighted by Crippen LogP contribution is 2.20. The van der Waals surface area contributed by atoms with Gasteiger partial charge in [0, 0.05) is 38.1 Å². The fraction of sp³-hybridized carbons (Fsp3) is 0.360. The normalized spacial score (nSPS) is 11.7. The summed E-state index contributed by atoms with van der Waals surface area (Å²) in [4.78, 5) is 29.4. The molecule has 9 nitrogen and oxygen atoms in total. The van der Waals surface area contributed by atoms with Crippen LogP contribution in [0.2, 0.25) is 0 Å². The summed E-state index contributed by atoms with van der Waals surface area (Å²) in [6.07, 6.45) is 1.41. The lowest BCUT2D eigenvalue weighted by Gasteiger charge is -2.26. The maximum atomic E-state index is 13.3. The van der Waals surface area contributed by atoms with E-state index in [4.69, 9.17) is 15.5 Å².